The first kappa shape index (κ1) is 31.8. The van der Waals surface area contributed by atoms with Crippen LogP contribution < -0.4 is 0 Å². The summed E-state index contributed by atoms with van der Waals surface area (Å²) < 4.78 is 4.91. The molecule has 3 heteroatoms. The number of benzene rings is 7. The van der Waals surface area contributed by atoms with E-state index in [-0.39, 0.29) is 5.92 Å². The summed E-state index contributed by atoms with van der Waals surface area (Å²) >= 11 is 1.87. The molecule has 0 aliphatic heterocycles. The van der Waals surface area contributed by atoms with Crippen LogP contribution in [-0.2, 0) is 0 Å². The Kier molecular flexibility index (Phi) is 7.53. The van der Waals surface area contributed by atoms with Crippen molar-refractivity contribution in [2.75, 3.05) is 0 Å². The number of thiophene rings is 1. The molecule has 0 bridgehead atoms. The quantitative estimate of drug-likeness (QED) is 0.162. The van der Waals surface area contributed by atoms with Gasteiger partial charge in [-0.05, 0) is 89.3 Å². The number of para-hydroxylation sites is 5. The molecule has 1 unspecified atom stereocenters. The number of rotatable bonds is 6. The van der Waals surface area contributed by atoms with Gasteiger partial charge in [0.2, 0.25) is 0 Å². The molecule has 10 aromatic rings. The van der Waals surface area contributed by atoms with Crippen LogP contribution in [0.3, 0.4) is 0 Å². The molecule has 1 atom stereocenters. The summed E-state index contributed by atoms with van der Waals surface area (Å²) in [6.45, 7) is 0. The molecule has 0 amide bonds. The maximum absolute atomic E-state index is 2.49. The molecule has 0 saturated heterocycles. The highest BCUT2D eigenvalue weighted by Crippen LogP contribution is 2.45. The van der Waals surface area contributed by atoms with Gasteiger partial charge in [-0.1, -0.05) is 140 Å². The van der Waals surface area contributed by atoms with E-state index in [1.807, 2.05) is 11.3 Å². The summed E-state index contributed by atoms with van der Waals surface area (Å²) in [7, 11) is 0. The monoisotopic (exact) mass is 720 g/mol. The van der Waals surface area contributed by atoms with Gasteiger partial charge in [-0.2, -0.15) is 0 Å². The zero-order valence-corrected chi connectivity index (χ0v) is 31.0. The lowest BCUT2D eigenvalue weighted by Crippen LogP contribution is -2.11. The highest BCUT2D eigenvalue weighted by Gasteiger charge is 2.27. The van der Waals surface area contributed by atoms with Gasteiger partial charge in [0, 0.05) is 60.0 Å². The predicted molar refractivity (Wildman–Crippen MR) is 234 cm³/mol. The third-order valence-electron chi connectivity index (χ3n) is 11.3. The Bertz CT molecular complexity index is 3070. The Morgan fingerprint density at radius 1 is 0.455 bits per heavy atom. The lowest BCUT2D eigenvalue weighted by atomic mass is 9.85. The van der Waals surface area contributed by atoms with Crippen LogP contribution in [0.1, 0.15) is 29.2 Å². The van der Waals surface area contributed by atoms with E-state index in [0.717, 1.165) is 6.42 Å². The van der Waals surface area contributed by atoms with Gasteiger partial charge in [-0.25, -0.2) is 0 Å². The molecule has 2 nitrogen and oxygen atoms in total. The molecule has 0 saturated carbocycles. The van der Waals surface area contributed by atoms with Crippen LogP contribution >= 0.6 is 11.3 Å². The Hall–Kier alpha value is -6.68. The average molecular weight is 721 g/mol. The lowest BCUT2D eigenvalue weighted by molar-refractivity contribution is 0.764. The fourth-order valence-corrected chi connectivity index (χ4v) is 9.88. The van der Waals surface area contributed by atoms with Crippen LogP contribution in [0.4, 0.5) is 0 Å². The zero-order valence-electron chi connectivity index (χ0n) is 30.1. The molecule has 11 rings (SSSR count). The second-order valence-electron chi connectivity index (χ2n) is 14.4. The van der Waals surface area contributed by atoms with Gasteiger partial charge in [-0.15, -0.1) is 11.3 Å². The van der Waals surface area contributed by atoms with Crippen LogP contribution in [0.2, 0.25) is 0 Å². The van der Waals surface area contributed by atoms with E-state index in [9.17, 15) is 0 Å². The second-order valence-corrected chi connectivity index (χ2v) is 15.5. The minimum absolute atomic E-state index is 0.248. The minimum atomic E-state index is 0.248. The number of allylic oxidation sites excluding steroid dienone is 1. The fraction of sp³-hybridized carbons (Fsp3) is 0.0385. The first-order chi connectivity index (χ1) is 27.3. The smallest absolute Gasteiger partial charge is 0.0619 e. The molecule has 0 N–H and O–H groups in total. The van der Waals surface area contributed by atoms with Crippen LogP contribution in [0.25, 0.3) is 82.2 Å². The summed E-state index contributed by atoms with van der Waals surface area (Å²) in [6.07, 6.45) is 5.66. The van der Waals surface area contributed by atoms with Crippen LogP contribution in [0, 0.1) is 0 Å². The number of hydrogen-bond donors (Lipinski definition) is 0. The third-order valence-corrected chi connectivity index (χ3v) is 12.5. The highest BCUT2D eigenvalue weighted by atomic mass is 32.1. The Morgan fingerprint density at radius 3 is 1.80 bits per heavy atom. The van der Waals surface area contributed by atoms with Crippen molar-refractivity contribution in [2.24, 2.45) is 0 Å². The van der Waals surface area contributed by atoms with Crippen LogP contribution in [0.15, 0.2) is 194 Å². The van der Waals surface area contributed by atoms with Crippen molar-refractivity contribution < 1.29 is 0 Å². The lowest BCUT2D eigenvalue weighted by Gasteiger charge is -2.24. The van der Waals surface area contributed by atoms with Crippen molar-refractivity contribution >= 4 is 50.1 Å². The molecule has 3 aromatic heterocycles. The van der Waals surface area contributed by atoms with Gasteiger partial charge in [0.1, 0.15) is 0 Å². The van der Waals surface area contributed by atoms with E-state index in [2.05, 4.69) is 209 Å². The van der Waals surface area contributed by atoms with Crippen molar-refractivity contribution in [1.29, 1.82) is 0 Å². The normalized spacial score (nSPS) is 13.9. The molecule has 1 aliphatic rings. The molecule has 1 aliphatic carbocycles. The fourth-order valence-electron chi connectivity index (χ4n) is 8.88. The standard InChI is InChI=1S/C52H36N2S/c1-3-19-39(20-4-1)53-47-29-9-7-23-43(47)45-27-13-25-41(51(45)53)35-15-11-17-37(33-35)49-31-32-50(55-49)38-18-12-16-36(34-38)42-26-14-28-46-44-24-8-10-30-48(44)54(52(42)46)40-21-5-2-6-22-40/h1-25,27-34,42H,26H2. The van der Waals surface area contributed by atoms with E-state index in [0.29, 0.717) is 0 Å². The average Bonchev–Trinajstić information content (AvgIpc) is 3.98. The second kappa shape index (κ2) is 13.0. The van der Waals surface area contributed by atoms with Crippen molar-refractivity contribution in [2.45, 2.75) is 12.3 Å². The van der Waals surface area contributed by atoms with Gasteiger partial charge in [0.15, 0.2) is 0 Å². The van der Waals surface area contributed by atoms with Gasteiger partial charge < -0.3 is 9.13 Å². The molecular formula is C52H36N2S. The van der Waals surface area contributed by atoms with E-state index in [4.69, 9.17) is 0 Å². The largest absolute Gasteiger partial charge is 0.312 e. The highest BCUT2D eigenvalue weighted by molar-refractivity contribution is 7.18. The van der Waals surface area contributed by atoms with Crippen molar-refractivity contribution in [3.63, 3.8) is 0 Å². The predicted octanol–water partition coefficient (Wildman–Crippen LogP) is 14.3. The van der Waals surface area contributed by atoms with Gasteiger partial charge >= 0.3 is 0 Å². The Morgan fingerprint density at radius 2 is 1.04 bits per heavy atom. The van der Waals surface area contributed by atoms with Gasteiger partial charge in [-0.3, -0.25) is 0 Å². The summed E-state index contributed by atoms with van der Waals surface area (Å²) in [5, 5.41) is 3.85. The Labute approximate surface area is 324 Å². The molecule has 0 radical (unpaired) electrons. The van der Waals surface area contributed by atoms with E-state index >= 15 is 0 Å². The molecular weight excluding hydrogens is 685 g/mol. The Balaban J connectivity index is 0.978. The van der Waals surface area contributed by atoms with E-state index < -0.39 is 0 Å². The van der Waals surface area contributed by atoms with Crippen LogP contribution in [0.5, 0.6) is 0 Å². The first-order valence-corrected chi connectivity index (χ1v) is 19.9. The molecule has 55 heavy (non-hydrogen) atoms. The summed E-state index contributed by atoms with van der Waals surface area (Å²) in [5.74, 6) is 0.248. The molecule has 0 fully saturated rings. The molecule has 260 valence electrons. The van der Waals surface area contributed by atoms with Gasteiger partial charge in [0.25, 0.3) is 0 Å². The van der Waals surface area contributed by atoms with E-state index in [1.54, 1.807) is 0 Å². The van der Waals surface area contributed by atoms with Gasteiger partial charge in [0.05, 0.1) is 16.6 Å². The minimum Gasteiger partial charge on any atom is -0.312 e. The summed E-state index contributed by atoms with van der Waals surface area (Å²) in [5.41, 5.74) is 15.1. The van der Waals surface area contributed by atoms with Crippen molar-refractivity contribution in [1.82, 2.24) is 9.13 Å². The molecule has 0 spiro atoms. The zero-order chi connectivity index (χ0) is 36.3. The number of fused-ring (bicyclic) bond motifs is 6. The van der Waals surface area contributed by atoms with E-state index in [1.165, 1.54) is 92.9 Å². The van der Waals surface area contributed by atoms with Crippen LogP contribution in [-0.4, -0.2) is 9.13 Å². The number of aromatic nitrogens is 2. The SMILES string of the molecule is C1=Cc2c(n(-c3ccccc3)c3ccccc23)C(c2cccc(-c3ccc(-c4cccc(-c5cccc6c7ccccc7n(-c7ccccc7)c56)c4)s3)c2)C1. The molecule has 7 aromatic carbocycles. The number of hydrogen-bond acceptors (Lipinski definition) is 1. The summed E-state index contributed by atoms with van der Waals surface area (Å²) in [4.78, 5) is 2.55. The summed E-state index contributed by atoms with van der Waals surface area (Å²) in [6, 6.07) is 68.8. The maximum atomic E-state index is 2.49. The van der Waals surface area contributed by atoms with Crippen molar-refractivity contribution in [3.05, 3.63) is 211 Å². The molecule has 3 heterocycles. The maximum Gasteiger partial charge on any atom is 0.0619 e. The topological polar surface area (TPSA) is 9.86 Å². The third kappa shape index (κ3) is 5.23. The van der Waals surface area contributed by atoms with Crippen molar-refractivity contribution in [3.8, 4) is 43.4 Å². The number of nitrogens with zero attached hydrogens (tertiary/aromatic N) is 2. The first-order valence-electron chi connectivity index (χ1n) is 19.0.